The zero-order valence-electron chi connectivity index (χ0n) is 14.9. The van der Waals surface area contributed by atoms with Gasteiger partial charge in [-0.1, -0.05) is 0 Å². The van der Waals surface area contributed by atoms with Gasteiger partial charge in [0.05, 0.1) is 0 Å². The first-order chi connectivity index (χ1) is 11.6. The lowest BCUT2D eigenvalue weighted by Crippen LogP contribution is -2.52. The molecule has 2 amide bonds. The van der Waals surface area contributed by atoms with Crippen molar-refractivity contribution in [3.63, 3.8) is 0 Å². The zero-order chi connectivity index (χ0) is 16.9. The Balaban J connectivity index is 1.53. The Morgan fingerprint density at radius 2 is 1.92 bits per heavy atom. The summed E-state index contributed by atoms with van der Waals surface area (Å²) in [6, 6.07) is 4.89. The highest BCUT2D eigenvalue weighted by molar-refractivity contribution is 5.74. The largest absolute Gasteiger partial charge is 0.336 e. The van der Waals surface area contributed by atoms with Crippen molar-refractivity contribution in [3.05, 3.63) is 30.1 Å². The number of carbonyl (C=O) groups excluding carboxylic acids is 1. The molecule has 24 heavy (non-hydrogen) atoms. The molecule has 0 radical (unpaired) electrons. The fourth-order valence-corrected chi connectivity index (χ4v) is 3.44. The predicted octanol–water partition coefficient (Wildman–Crippen LogP) is 2.88. The van der Waals surface area contributed by atoms with E-state index in [0.717, 1.165) is 44.9 Å². The summed E-state index contributed by atoms with van der Waals surface area (Å²) in [5.74, 6) is 0.734. The van der Waals surface area contributed by atoms with Crippen LogP contribution in [-0.4, -0.2) is 52.5 Å². The van der Waals surface area contributed by atoms with Crippen LogP contribution >= 0.6 is 0 Å². The van der Waals surface area contributed by atoms with Crippen LogP contribution in [0.4, 0.5) is 4.79 Å². The van der Waals surface area contributed by atoms with Crippen molar-refractivity contribution in [2.45, 2.75) is 58.2 Å². The molecule has 5 heteroatoms. The van der Waals surface area contributed by atoms with Crippen LogP contribution in [-0.2, 0) is 6.54 Å². The van der Waals surface area contributed by atoms with Crippen molar-refractivity contribution in [1.82, 2.24) is 20.1 Å². The molecule has 0 atom stereocenters. The Hall–Kier alpha value is -1.62. The Labute approximate surface area is 145 Å². The number of likely N-dealkylation sites (tertiary alicyclic amines) is 1. The lowest BCUT2D eigenvalue weighted by atomic mass is 10.0. The second kappa shape index (κ2) is 7.97. The Kier molecular flexibility index (Phi) is 5.72. The molecular weight excluding hydrogens is 300 g/mol. The van der Waals surface area contributed by atoms with Crippen LogP contribution in [0.5, 0.6) is 0 Å². The van der Waals surface area contributed by atoms with Gasteiger partial charge in [0.1, 0.15) is 0 Å². The fraction of sp³-hybridized carbons (Fsp3) is 0.684. The van der Waals surface area contributed by atoms with E-state index in [9.17, 15) is 4.79 Å². The van der Waals surface area contributed by atoms with Crippen molar-refractivity contribution < 1.29 is 4.79 Å². The second-order valence-electron chi connectivity index (χ2n) is 7.56. The molecule has 0 bridgehead atoms. The summed E-state index contributed by atoms with van der Waals surface area (Å²) in [4.78, 5) is 21.3. The van der Waals surface area contributed by atoms with Crippen LogP contribution in [0.25, 0.3) is 0 Å². The highest BCUT2D eigenvalue weighted by Crippen LogP contribution is 2.31. The minimum Gasteiger partial charge on any atom is -0.336 e. The van der Waals surface area contributed by atoms with E-state index in [2.05, 4.69) is 32.2 Å². The van der Waals surface area contributed by atoms with Crippen LogP contribution in [0.1, 0.15) is 45.1 Å². The maximum absolute atomic E-state index is 12.6. The number of nitrogens with one attached hydrogen (secondary N) is 1. The van der Waals surface area contributed by atoms with Crippen molar-refractivity contribution >= 4 is 6.03 Å². The van der Waals surface area contributed by atoms with Gasteiger partial charge in [-0.3, -0.25) is 9.88 Å². The number of piperidine rings is 1. The number of aromatic nitrogens is 1. The first-order valence-corrected chi connectivity index (χ1v) is 9.30. The number of amides is 2. The summed E-state index contributed by atoms with van der Waals surface area (Å²) in [6.07, 6.45) is 8.43. The smallest absolute Gasteiger partial charge is 0.317 e. The van der Waals surface area contributed by atoms with Gasteiger partial charge < -0.3 is 10.2 Å². The van der Waals surface area contributed by atoms with Gasteiger partial charge in [0.2, 0.25) is 0 Å². The SMILES string of the molecule is CC(C)NC(=O)N(CC1CC1)C1CCN(Cc2ccncc2)CC1. The summed E-state index contributed by atoms with van der Waals surface area (Å²) in [5.41, 5.74) is 1.32. The summed E-state index contributed by atoms with van der Waals surface area (Å²) in [7, 11) is 0. The Morgan fingerprint density at radius 3 is 2.50 bits per heavy atom. The lowest BCUT2D eigenvalue weighted by molar-refractivity contribution is 0.113. The summed E-state index contributed by atoms with van der Waals surface area (Å²) in [5, 5.41) is 3.09. The van der Waals surface area contributed by atoms with Crippen LogP contribution in [0.15, 0.2) is 24.5 Å². The van der Waals surface area contributed by atoms with Gasteiger partial charge >= 0.3 is 6.03 Å². The maximum Gasteiger partial charge on any atom is 0.317 e. The number of nitrogens with zero attached hydrogens (tertiary/aromatic N) is 3. The average molecular weight is 330 g/mol. The molecule has 0 aromatic carbocycles. The van der Waals surface area contributed by atoms with Crippen LogP contribution in [0, 0.1) is 5.92 Å². The van der Waals surface area contributed by atoms with Crippen LogP contribution < -0.4 is 5.32 Å². The first kappa shape index (κ1) is 17.2. The number of carbonyl (C=O) groups is 1. The minimum absolute atomic E-state index is 0.129. The third kappa shape index (κ3) is 4.94. The summed E-state index contributed by atoms with van der Waals surface area (Å²) >= 11 is 0. The van der Waals surface area contributed by atoms with Gasteiger partial charge in [-0.2, -0.15) is 0 Å². The quantitative estimate of drug-likeness (QED) is 0.872. The monoisotopic (exact) mass is 330 g/mol. The fourth-order valence-electron chi connectivity index (χ4n) is 3.44. The molecule has 0 spiro atoms. The molecule has 1 saturated heterocycles. The van der Waals surface area contributed by atoms with Gasteiger partial charge in [0.25, 0.3) is 0 Å². The van der Waals surface area contributed by atoms with Gasteiger partial charge in [-0.15, -0.1) is 0 Å². The molecule has 3 rings (SSSR count). The molecule has 2 aliphatic rings. The average Bonchev–Trinajstić information content (AvgIpc) is 3.38. The molecule has 5 nitrogen and oxygen atoms in total. The van der Waals surface area contributed by atoms with Crippen molar-refractivity contribution in [1.29, 1.82) is 0 Å². The Bertz CT molecular complexity index is 521. The minimum atomic E-state index is 0.129. The van der Waals surface area contributed by atoms with E-state index in [1.54, 1.807) is 0 Å². The molecule has 1 aromatic heterocycles. The molecule has 132 valence electrons. The van der Waals surface area contributed by atoms with Gasteiger partial charge in [-0.25, -0.2) is 4.79 Å². The number of hydrogen-bond acceptors (Lipinski definition) is 3. The van der Waals surface area contributed by atoms with Gasteiger partial charge in [-0.05, 0) is 63.1 Å². The molecule has 2 fully saturated rings. The van der Waals surface area contributed by atoms with Crippen molar-refractivity contribution in [2.75, 3.05) is 19.6 Å². The van der Waals surface area contributed by atoms with Crippen LogP contribution in [0.2, 0.25) is 0 Å². The van der Waals surface area contributed by atoms with Gasteiger partial charge in [0.15, 0.2) is 0 Å². The number of hydrogen-bond donors (Lipinski definition) is 1. The van der Waals surface area contributed by atoms with E-state index < -0.39 is 0 Å². The van der Waals surface area contributed by atoms with E-state index in [1.165, 1.54) is 18.4 Å². The third-order valence-electron chi connectivity index (χ3n) is 4.98. The van der Waals surface area contributed by atoms with E-state index in [0.29, 0.717) is 6.04 Å². The number of urea groups is 1. The first-order valence-electron chi connectivity index (χ1n) is 9.30. The highest BCUT2D eigenvalue weighted by Gasteiger charge is 2.33. The predicted molar refractivity (Wildman–Crippen MR) is 95.6 cm³/mol. The highest BCUT2D eigenvalue weighted by atomic mass is 16.2. The van der Waals surface area contributed by atoms with Gasteiger partial charge in [0, 0.05) is 50.7 Å². The Morgan fingerprint density at radius 1 is 1.25 bits per heavy atom. The van der Waals surface area contributed by atoms with E-state index in [4.69, 9.17) is 0 Å². The van der Waals surface area contributed by atoms with E-state index in [-0.39, 0.29) is 12.1 Å². The molecule has 1 aromatic rings. The van der Waals surface area contributed by atoms with E-state index >= 15 is 0 Å². The summed E-state index contributed by atoms with van der Waals surface area (Å²) < 4.78 is 0. The molecule has 0 unspecified atom stereocenters. The molecule has 1 aliphatic carbocycles. The zero-order valence-corrected chi connectivity index (χ0v) is 14.9. The lowest BCUT2D eigenvalue weighted by Gasteiger charge is -2.39. The topological polar surface area (TPSA) is 48.5 Å². The van der Waals surface area contributed by atoms with Crippen molar-refractivity contribution in [3.8, 4) is 0 Å². The summed E-state index contributed by atoms with van der Waals surface area (Å²) in [6.45, 7) is 8.10. The molecule has 1 N–H and O–H groups in total. The number of pyridine rings is 1. The molecule has 1 aliphatic heterocycles. The van der Waals surface area contributed by atoms with Crippen molar-refractivity contribution in [2.24, 2.45) is 5.92 Å². The van der Waals surface area contributed by atoms with Crippen LogP contribution in [0.3, 0.4) is 0 Å². The molecule has 1 saturated carbocycles. The molecular formula is C19H30N4O. The standard InChI is InChI=1S/C19H30N4O/c1-15(2)21-19(24)23(14-16-3-4-16)18-7-11-22(12-8-18)13-17-5-9-20-10-6-17/h5-6,9-10,15-16,18H,3-4,7-8,11-14H2,1-2H3,(H,21,24). The second-order valence-corrected chi connectivity index (χ2v) is 7.56. The maximum atomic E-state index is 12.6. The normalized spacial score (nSPS) is 19.5. The number of rotatable bonds is 6. The third-order valence-corrected chi connectivity index (χ3v) is 4.98. The van der Waals surface area contributed by atoms with E-state index in [1.807, 2.05) is 26.2 Å². The molecule has 2 heterocycles.